The van der Waals surface area contributed by atoms with Crippen molar-refractivity contribution in [1.82, 2.24) is 14.8 Å². The van der Waals surface area contributed by atoms with E-state index in [9.17, 15) is 24.0 Å². The molecule has 22 heavy (non-hydrogen) atoms. The lowest BCUT2D eigenvalue weighted by Crippen LogP contribution is -2.33. The van der Waals surface area contributed by atoms with E-state index >= 15 is 0 Å². The largest absolute Gasteiger partial charge is 0.387 e. The highest BCUT2D eigenvalue weighted by Crippen LogP contribution is 2.43. The molecular weight excluding hydrogens is 326 g/mol. The molecule has 1 aromatic rings. The number of primary amides is 1. The number of aromatic nitrogens is 3. The predicted octanol–water partition coefficient (Wildman–Crippen LogP) is -1.87. The van der Waals surface area contributed by atoms with Crippen LogP contribution in [0.5, 0.6) is 0 Å². The van der Waals surface area contributed by atoms with Crippen molar-refractivity contribution in [2.45, 2.75) is 24.5 Å². The normalized spacial score (nSPS) is 31.1. The Morgan fingerprint density at radius 3 is 2.77 bits per heavy atom. The Morgan fingerprint density at radius 1 is 1.55 bits per heavy atom. The van der Waals surface area contributed by atoms with Crippen LogP contribution in [0, 0.1) is 0 Å². The molecule has 0 radical (unpaired) electrons. The molecule has 13 heteroatoms. The van der Waals surface area contributed by atoms with Crippen LogP contribution in [0.15, 0.2) is 6.33 Å². The number of aliphatic hydroxyl groups excluding tert-OH is 2. The Hall–Kier alpha value is -1.43. The number of carbonyl (C=O) groups is 1. The molecule has 1 aromatic heterocycles. The van der Waals surface area contributed by atoms with E-state index in [1.165, 1.54) is 0 Å². The average molecular weight is 340 g/mol. The van der Waals surface area contributed by atoms with Gasteiger partial charge in [0.2, 0.25) is 5.82 Å². The zero-order chi connectivity index (χ0) is 16.5. The fourth-order valence-corrected chi connectivity index (χ4v) is 2.27. The summed E-state index contributed by atoms with van der Waals surface area (Å²) in [6.07, 6.45) is -5.90. The molecule has 1 aliphatic heterocycles. The molecule has 11 nitrogen and oxygen atoms in total. The van der Waals surface area contributed by atoms with Gasteiger partial charge in [-0.25, -0.2) is 14.1 Å². The summed E-state index contributed by atoms with van der Waals surface area (Å²) in [5.41, 5.74) is 4.98. The molecule has 0 bridgehead atoms. The molecule has 1 amide bonds. The van der Waals surface area contributed by atoms with Gasteiger partial charge in [-0.3, -0.25) is 9.36 Å². The number of ether oxygens (including phenoxy) is 1. The first-order valence-electron chi connectivity index (χ1n) is 6.00. The number of aliphatic hydroxyl groups is 2. The summed E-state index contributed by atoms with van der Waals surface area (Å²) in [5.74, 6) is -1.21. The van der Waals surface area contributed by atoms with Crippen LogP contribution in [-0.4, -0.2) is 67.1 Å². The molecule has 0 spiro atoms. The highest BCUT2D eigenvalue weighted by Gasteiger charge is 2.45. The van der Waals surface area contributed by atoms with E-state index < -0.39 is 51.1 Å². The number of rotatable bonds is 6. The summed E-state index contributed by atoms with van der Waals surface area (Å²) in [7, 11) is -4.41. The maximum absolute atomic E-state index is 12.2. The highest BCUT2D eigenvalue weighted by atomic mass is 31.2. The number of nitrogens with two attached hydrogens (primary N) is 1. The number of hydrogen-bond donors (Lipinski definition) is 4. The van der Waals surface area contributed by atoms with Gasteiger partial charge in [0.05, 0.1) is 6.61 Å². The molecular formula is C9H14FN4O7P. The van der Waals surface area contributed by atoms with Gasteiger partial charge >= 0.3 is 7.60 Å². The van der Waals surface area contributed by atoms with Crippen molar-refractivity contribution in [1.29, 1.82) is 0 Å². The molecule has 1 fully saturated rings. The van der Waals surface area contributed by atoms with Crippen LogP contribution >= 0.6 is 7.60 Å². The van der Waals surface area contributed by atoms with Gasteiger partial charge in [-0.05, 0) is 0 Å². The number of amides is 1. The van der Waals surface area contributed by atoms with E-state index in [1.54, 1.807) is 0 Å². The van der Waals surface area contributed by atoms with Crippen molar-refractivity contribution < 1.29 is 38.1 Å². The van der Waals surface area contributed by atoms with Crippen molar-refractivity contribution in [2.75, 3.05) is 13.0 Å². The average Bonchev–Trinajstić information content (AvgIpc) is 3.05. The van der Waals surface area contributed by atoms with Crippen LogP contribution in [0.3, 0.4) is 0 Å². The Labute approximate surface area is 123 Å². The van der Waals surface area contributed by atoms with E-state index in [-0.39, 0.29) is 5.82 Å². The van der Waals surface area contributed by atoms with Crippen LogP contribution in [0.1, 0.15) is 16.8 Å². The van der Waals surface area contributed by atoms with Crippen molar-refractivity contribution in [2.24, 2.45) is 5.73 Å². The van der Waals surface area contributed by atoms with Crippen LogP contribution in [0.25, 0.3) is 0 Å². The summed E-state index contributed by atoms with van der Waals surface area (Å²) < 4.78 is 33.8. The van der Waals surface area contributed by atoms with Crippen molar-refractivity contribution in [3.8, 4) is 0 Å². The third kappa shape index (κ3) is 3.48. The monoisotopic (exact) mass is 340 g/mol. The summed E-state index contributed by atoms with van der Waals surface area (Å²) in [4.78, 5) is 23.4. The lowest BCUT2D eigenvalue weighted by atomic mass is 10.1. The van der Waals surface area contributed by atoms with Crippen LogP contribution in [0.2, 0.25) is 0 Å². The number of hydrogen-bond acceptors (Lipinski definition) is 8. The number of halogens is 1. The third-order valence-electron chi connectivity index (χ3n) is 2.92. The van der Waals surface area contributed by atoms with Gasteiger partial charge in [-0.15, -0.1) is 5.10 Å². The highest BCUT2D eigenvalue weighted by molar-refractivity contribution is 7.52. The maximum atomic E-state index is 12.2. The molecule has 0 aromatic carbocycles. The van der Waals surface area contributed by atoms with Crippen LogP contribution in [0.4, 0.5) is 4.39 Å². The fraction of sp³-hybridized carbons (Fsp3) is 0.667. The van der Waals surface area contributed by atoms with Crippen LogP contribution in [-0.2, 0) is 13.8 Å². The van der Waals surface area contributed by atoms with E-state index in [0.29, 0.717) is 0 Å². The maximum Gasteiger partial charge on any atom is 0.358 e. The smallest absolute Gasteiger partial charge is 0.358 e. The van der Waals surface area contributed by atoms with Crippen molar-refractivity contribution in [3.05, 3.63) is 12.2 Å². The molecule has 0 saturated carbocycles. The zero-order valence-corrected chi connectivity index (χ0v) is 11.9. The van der Waals surface area contributed by atoms with Gasteiger partial charge in [-0.2, -0.15) is 0 Å². The predicted molar refractivity (Wildman–Crippen MR) is 66.2 cm³/mol. The second kappa shape index (κ2) is 6.36. The number of carbonyl (C=O) groups excluding carboxylic acids is 1. The molecule has 1 aliphatic rings. The zero-order valence-electron chi connectivity index (χ0n) is 11.0. The minimum Gasteiger partial charge on any atom is -0.387 e. The van der Waals surface area contributed by atoms with Gasteiger partial charge in [0, 0.05) is 0 Å². The Bertz CT molecular complexity index is 598. The first-order chi connectivity index (χ1) is 10.2. The Kier molecular flexibility index (Phi) is 4.90. The first-order valence-corrected chi connectivity index (χ1v) is 7.76. The third-order valence-corrected chi connectivity index (χ3v) is 3.77. The first kappa shape index (κ1) is 16.9. The lowest BCUT2D eigenvalue weighted by Gasteiger charge is -2.16. The van der Waals surface area contributed by atoms with E-state index in [1.807, 2.05) is 0 Å². The van der Waals surface area contributed by atoms with E-state index in [4.69, 9.17) is 15.4 Å². The Balaban J connectivity index is 2.06. The van der Waals surface area contributed by atoms with Gasteiger partial charge < -0.3 is 30.1 Å². The molecule has 5 N–H and O–H groups in total. The van der Waals surface area contributed by atoms with Crippen molar-refractivity contribution in [3.63, 3.8) is 0 Å². The van der Waals surface area contributed by atoms with Gasteiger partial charge in [0.1, 0.15) is 24.6 Å². The molecule has 2 unspecified atom stereocenters. The molecule has 2 heterocycles. The molecule has 2 rings (SSSR count). The van der Waals surface area contributed by atoms with Gasteiger partial charge in [-0.1, -0.05) is 0 Å². The second-order valence-electron chi connectivity index (χ2n) is 4.51. The molecule has 124 valence electrons. The topological polar surface area (TPSA) is 170 Å². The van der Waals surface area contributed by atoms with Crippen LogP contribution < -0.4 is 5.73 Å². The summed E-state index contributed by atoms with van der Waals surface area (Å²) in [6, 6.07) is 0. The number of nitrogens with zero attached hydrogens (tertiary/aromatic N) is 3. The van der Waals surface area contributed by atoms with Gasteiger partial charge in [0.15, 0.2) is 12.6 Å². The quantitative estimate of drug-likeness (QED) is 0.433. The lowest BCUT2D eigenvalue weighted by molar-refractivity contribution is -0.0566. The molecule has 5 atom stereocenters. The summed E-state index contributed by atoms with van der Waals surface area (Å²) in [6.45, 7) is -0.621. The fourth-order valence-electron chi connectivity index (χ4n) is 1.82. The summed E-state index contributed by atoms with van der Waals surface area (Å²) in [5, 5.41) is 23.3. The number of alkyl halides is 1. The molecule has 0 aliphatic carbocycles. The minimum atomic E-state index is -4.41. The van der Waals surface area contributed by atoms with E-state index in [2.05, 4.69) is 14.6 Å². The summed E-state index contributed by atoms with van der Waals surface area (Å²) >= 11 is 0. The standard InChI is InChI=1S/C9H14FN4O7P/c10-2-22(18,19)20-1-4-5(15)6(16)9(21-4)14-3-12-8(13-14)7(11)17/h3-6,9,15-16H,1-2H2,(H2,11,17)(H,18,19)/t4-,5+,6?,9-/m1/s1. The van der Waals surface area contributed by atoms with Gasteiger partial charge in [0.25, 0.3) is 5.91 Å². The Morgan fingerprint density at radius 2 is 2.23 bits per heavy atom. The minimum absolute atomic E-state index is 0.317. The SMILES string of the molecule is NC(=O)c1ncn([C@@H]2O[C@H](COP(=O)(O)CF)[C@H](O)C2O)n1. The molecule has 1 saturated heterocycles. The van der Waals surface area contributed by atoms with Crippen molar-refractivity contribution >= 4 is 13.5 Å². The van der Waals surface area contributed by atoms with E-state index in [0.717, 1.165) is 11.0 Å². The second-order valence-corrected chi connectivity index (χ2v) is 6.28.